The van der Waals surface area contributed by atoms with Gasteiger partial charge in [0, 0.05) is 26.2 Å². The first-order valence-electron chi connectivity index (χ1n) is 10.1. The lowest BCUT2D eigenvalue weighted by atomic mass is 10.1. The smallest absolute Gasteiger partial charge is 0.229 e. The van der Waals surface area contributed by atoms with Crippen LogP contribution in [-0.2, 0) is 18.6 Å². The van der Waals surface area contributed by atoms with Gasteiger partial charge in [0.1, 0.15) is 17.4 Å². The van der Waals surface area contributed by atoms with Crippen LogP contribution in [0, 0.1) is 0 Å². The van der Waals surface area contributed by atoms with E-state index in [1.807, 2.05) is 67.2 Å². The van der Waals surface area contributed by atoms with Crippen molar-refractivity contribution in [1.29, 1.82) is 0 Å². The van der Waals surface area contributed by atoms with Crippen LogP contribution in [0.15, 0.2) is 59.8 Å². The Balaban J connectivity index is 1.59. The van der Waals surface area contributed by atoms with Crippen LogP contribution in [0.25, 0.3) is 5.69 Å². The summed E-state index contributed by atoms with van der Waals surface area (Å²) >= 11 is 1.48. The highest BCUT2D eigenvalue weighted by Crippen LogP contribution is 2.26. The second-order valence-electron chi connectivity index (χ2n) is 7.29. The van der Waals surface area contributed by atoms with Crippen LogP contribution in [0.4, 0.5) is 11.9 Å². The Morgan fingerprint density at radius 1 is 0.938 bits per heavy atom. The zero-order valence-electron chi connectivity index (χ0n) is 17.9. The number of thioether (sulfide) groups is 1. The number of nitrogens with two attached hydrogens (primary N) is 1. The molecule has 164 valence electrons. The quantitative estimate of drug-likeness (QED) is 0.392. The van der Waals surface area contributed by atoms with Crippen molar-refractivity contribution in [2.24, 2.45) is 0 Å². The summed E-state index contributed by atoms with van der Waals surface area (Å²) in [5.74, 6) is 2.85. The molecule has 0 bridgehead atoms. The van der Waals surface area contributed by atoms with Crippen molar-refractivity contribution >= 4 is 23.7 Å². The summed E-state index contributed by atoms with van der Waals surface area (Å²) in [6.07, 6.45) is 1.28. The van der Waals surface area contributed by atoms with Crippen molar-refractivity contribution in [2.45, 2.75) is 23.8 Å². The molecule has 0 amide bonds. The Kier molecular flexibility index (Phi) is 6.50. The van der Waals surface area contributed by atoms with Crippen LogP contribution >= 0.6 is 11.8 Å². The SMILES string of the molecule is CN(C)c1nc(N)nc(CSc2nnc(CCc3ccccc3O)n2-c2ccccc2)n1. The van der Waals surface area contributed by atoms with Gasteiger partial charge < -0.3 is 15.7 Å². The minimum atomic E-state index is 0.187. The Morgan fingerprint density at radius 3 is 2.44 bits per heavy atom. The number of phenolic OH excluding ortho intramolecular Hbond substituents is 1. The average molecular weight is 449 g/mol. The van der Waals surface area contributed by atoms with E-state index >= 15 is 0 Å². The first-order valence-corrected chi connectivity index (χ1v) is 11.1. The lowest BCUT2D eigenvalue weighted by molar-refractivity contribution is 0.467. The summed E-state index contributed by atoms with van der Waals surface area (Å²) in [5, 5.41) is 19.7. The number of aryl methyl sites for hydroxylation is 2. The molecule has 3 N–H and O–H groups in total. The number of hydrogen-bond donors (Lipinski definition) is 2. The maximum atomic E-state index is 10.1. The van der Waals surface area contributed by atoms with Gasteiger partial charge in [-0.25, -0.2) is 0 Å². The molecule has 10 heteroatoms. The lowest BCUT2D eigenvalue weighted by Crippen LogP contribution is -2.16. The number of aromatic nitrogens is 6. The van der Waals surface area contributed by atoms with Crippen molar-refractivity contribution < 1.29 is 5.11 Å². The second kappa shape index (κ2) is 9.65. The molecule has 2 heterocycles. The minimum Gasteiger partial charge on any atom is -0.508 e. The molecule has 0 saturated carbocycles. The molecule has 32 heavy (non-hydrogen) atoms. The maximum Gasteiger partial charge on any atom is 0.229 e. The Labute approximate surface area is 190 Å². The number of phenols is 1. The van der Waals surface area contributed by atoms with Crippen molar-refractivity contribution in [3.05, 3.63) is 71.8 Å². The molecule has 4 rings (SSSR count). The van der Waals surface area contributed by atoms with Crippen LogP contribution in [0.2, 0.25) is 0 Å². The zero-order chi connectivity index (χ0) is 22.5. The Hall–Kier alpha value is -3.66. The molecule has 9 nitrogen and oxygen atoms in total. The first kappa shape index (κ1) is 21.6. The van der Waals surface area contributed by atoms with Crippen LogP contribution in [0.3, 0.4) is 0 Å². The van der Waals surface area contributed by atoms with E-state index in [1.54, 1.807) is 11.0 Å². The summed E-state index contributed by atoms with van der Waals surface area (Å²) in [5.41, 5.74) is 7.69. The van der Waals surface area contributed by atoms with Crippen molar-refractivity contribution in [3.8, 4) is 11.4 Å². The van der Waals surface area contributed by atoms with E-state index in [4.69, 9.17) is 5.73 Å². The average Bonchev–Trinajstić information content (AvgIpc) is 3.20. The summed E-state index contributed by atoms with van der Waals surface area (Å²) in [7, 11) is 3.71. The van der Waals surface area contributed by atoms with Gasteiger partial charge in [0.05, 0.1) is 5.75 Å². The number of rotatable bonds is 8. The third kappa shape index (κ3) is 4.97. The van der Waals surface area contributed by atoms with E-state index in [0.29, 0.717) is 30.4 Å². The van der Waals surface area contributed by atoms with E-state index in [2.05, 4.69) is 25.1 Å². The highest BCUT2D eigenvalue weighted by atomic mass is 32.2. The number of nitrogens with zero attached hydrogens (tertiary/aromatic N) is 7. The van der Waals surface area contributed by atoms with Crippen LogP contribution < -0.4 is 10.6 Å². The second-order valence-corrected chi connectivity index (χ2v) is 8.23. The van der Waals surface area contributed by atoms with Gasteiger partial charge in [0.2, 0.25) is 11.9 Å². The molecule has 0 aliphatic carbocycles. The van der Waals surface area contributed by atoms with Gasteiger partial charge >= 0.3 is 0 Å². The Bertz CT molecular complexity index is 1200. The predicted molar refractivity (Wildman–Crippen MR) is 125 cm³/mol. The fourth-order valence-corrected chi connectivity index (χ4v) is 4.01. The summed E-state index contributed by atoms with van der Waals surface area (Å²) in [4.78, 5) is 14.6. The van der Waals surface area contributed by atoms with E-state index in [9.17, 15) is 5.11 Å². The zero-order valence-corrected chi connectivity index (χ0v) is 18.7. The highest BCUT2D eigenvalue weighted by molar-refractivity contribution is 7.98. The number of aromatic hydroxyl groups is 1. The van der Waals surface area contributed by atoms with Gasteiger partial charge in [0.15, 0.2) is 5.16 Å². The van der Waals surface area contributed by atoms with Crippen molar-refractivity contribution in [3.63, 3.8) is 0 Å². The molecule has 0 saturated heterocycles. The van der Waals surface area contributed by atoms with Crippen LogP contribution in [0.5, 0.6) is 5.75 Å². The number of benzene rings is 2. The van der Waals surface area contributed by atoms with Crippen molar-refractivity contribution in [1.82, 2.24) is 29.7 Å². The third-order valence-corrected chi connectivity index (χ3v) is 5.67. The molecule has 0 fully saturated rings. The largest absolute Gasteiger partial charge is 0.508 e. The molecule has 2 aromatic carbocycles. The fourth-order valence-electron chi connectivity index (χ4n) is 3.18. The monoisotopic (exact) mass is 448 g/mol. The molecule has 0 aliphatic rings. The molecule has 0 spiro atoms. The molecular weight excluding hydrogens is 424 g/mol. The lowest BCUT2D eigenvalue weighted by Gasteiger charge is -2.12. The standard InChI is InChI=1S/C22H24N8OS/c1-29(2)21-25-18(24-20(23)26-21)14-32-22-28-27-19(30(22)16-9-4-3-5-10-16)13-12-15-8-6-7-11-17(15)31/h3-11,31H,12-14H2,1-2H3,(H2,23,24,25,26). The van der Waals surface area contributed by atoms with Crippen LogP contribution in [0.1, 0.15) is 17.2 Å². The topological polar surface area (TPSA) is 119 Å². The van der Waals surface area contributed by atoms with Gasteiger partial charge in [-0.1, -0.05) is 48.2 Å². The number of hydrogen-bond acceptors (Lipinski definition) is 9. The van der Waals surface area contributed by atoms with E-state index in [1.165, 1.54) is 11.8 Å². The molecule has 4 aromatic rings. The van der Waals surface area contributed by atoms with Crippen molar-refractivity contribution in [2.75, 3.05) is 24.7 Å². The van der Waals surface area contributed by atoms with E-state index < -0.39 is 0 Å². The highest BCUT2D eigenvalue weighted by Gasteiger charge is 2.16. The predicted octanol–water partition coefficient (Wildman–Crippen LogP) is 2.88. The van der Waals surface area contributed by atoms with E-state index in [-0.39, 0.29) is 11.7 Å². The molecule has 0 aliphatic heterocycles. The molecule has 2 aromatic heterocycles. The van der Waals surface area contributed by atoms with Gasteiger partial charge in [-0.3, -0.25) is 4.57 Å². The number of anilines is 2. The fraction of sp³-hybridized carbons (Fsp3) is 0.227. The number of para-hydroxylation sites is 2. The summed E-state index contributed by atoms with van der Waals surface area (Å²) in [6.45, 7) is 0. The molecule has 0 radical (unpaired) electrons. The molecule has 0 unspecified atom stereocenters. The molecule has 0 atom stereocenters. The van der Waals surface area contributed by atoms with Gasteiger partial charge in [-0.2, -0.15) is 15.0 Å². The van der Waals surface area contributed by atoms with Gasteiger partial charge in [-0.05, 0) is 30.2 Å². The third-order valence-electron chi connectivity index (χ3n) is 4.74. The number of nitrogen functional groups attached to an aromatic ring is 1. The van der Waals surface area contributed by atoms with Gasteiger partial charge in [-0.15, -0.1) is 10.2 Å². The summed E-state index contributed by atoms with van der Waals surface area (Å²) < 4.78 is 2.03. The van der Waals surface area contributed by atoms with E-state index in [0.717, 1.165) is 22.2 Å². The maximum absolute atomic E-state index is 10.1. The molecular formula is C22H24N8OS. The summed E-state index contributed by atoms with van der Waals surface area (Å²) in [6, 6.07) is 17.3. The normalized spacial score (nSPS) is 10.9. The van der Waals surface area contributed by atoms with Gasteiger partial charge in [0.25, 0.3) is 0 Å². The minimum absolute atomic E-state index is 0.187. The Morgan fingerprint density at radius 2 is 1.69 bits per heavy atom. The first-order chi connectivity index (χ1) is 15.5. The van der Waals surface area contributed by atoms with Crippen LogP contribution in [-0.4, -0.2) is 48.9 Å².